The van der Waals surface area contributed by atoms with E-state index in [0.29, 0.717) is 0 Å². The van der Waals surface area contributed by atoms with Crippen LogP contribution in [0.1, 0.15) is 24.0 Å². The predicted octanol–water partition coefficient (Wildman–Crippen LogP) is 3.37. The number of ether oxygens (including phenoxy) is 1. The Morgan fingerprint density at radius 3 is 2.64 bits per heavy atom. The molecule has 1 aliphatic heterocycles. The predicted molar refractivity (Wildman–Crippen MR) is 116 cm³/mol. The Morgan fingerprint density at radius 2 is 2.04 bits per heavy atom. The zero-order valence-corrected chi connectivity index (χ0v) is 18.4. The lowest BCUT2D eigenvalue weighted by atomic mass is 9.99. The van der Waals surface area contributed by atoms with E-state index in [-0.39, 0.29) is 34.5 Å². The van der Waals surface area contributed by atoms with Crippen LogP contribution in [0.2, 0.25) is 0 Å². The number of guanidine groups is 1. The summed E-state index contributed by atoms with van der Waals surface area (Å²) in [5, 5.41) is 6.79. The van der Waals surface area contributed by atoms with Crippen LogP contribution in [0.5, 0.6) is 0 Å². The van der Waals surface area contributed by atoms with E-state index in [9.17, 15) is 4.39 Å². The second kappa shape index (κ2) is 11.2. The van der Waals surface area contributed by atoms with Crippen LogP contribution in [0.15, 0.2) is 23.2 Å². The van der Waals surface area contributed by atoms with E-state index in [2.05, 4.69) is 21.9 Å². The Hall–Kier alpha value is -0.540. The molecule has 1 saturated heterocycles. The van der Waals surface area contributed by atoms with Gasteiger partial charge in [-0.3, -0.25) is 4.99 Å². The molecule has 0 aliphatic carbocycles. The van der Waals surface area contributed by atoms with Gasteiger partial charge in [0, 0.05) is 38.1 Å². The van der Waals surface area contributed by atoms with E-state index in [1.54, 1.807) is 13.1 Å². The molecule has 1 aliphatic rings. The average molecular weight is 481 g/mol. The first-order valence-electron chi connectivity index (χ1n) is 8.41. The van der Waals surface area contributed by atoms with Crippen LogP contribution in [0.3, 0.4) is 0 Å². The monoisotopic (exact) mass is 481 g/mol. The van der Waals surface area contributed by atoms with Crippen molar-refractivity contribution < 1.29 is 9.13 Å². The highest BCUT2D eigenvalue weighted by Gasteiger charge is 2.31. The van der Waals surface area contributed by atoms with Crippen molar-refractivity contribution >= 4 is 41.7 Å². The van der Waals surface area contributed by atoms with Crippen molar-refractivity contribution in [2.24, 2.45) is 4.99 Å². The van der Waals surface area contributed by atoms with Gasteiger partial charge in [-0.2, -0.15) is 11.8 Å². The van der Waals surface area contributed by atoms with Crippen LogP contribution >= 0.6 is 35.7 Å². The SMILES string of the molecule is CN=C(NCCc1ccc(F)cc1C)NCC1(SC)CCOCC1.I. The molecule has 0 spiro atoms. The van der Waals surface area contributed by atoms with Crippen molar-refractivity contribution in [1.29, 1.82) is 0 Å². The summed E-state index contributed by atoms with van der Waals surface area (Å²) in [6, 6.07) is 4.95. The van der Waals surface area contributed by atoms with E-state index in [0.717, 1.165) is 62.7 Å². The molecular weight excluding hydrogens is 452 g/mol. The Labute approximate surface area is 171 Å². The Morgan fingerprint density at radius 1 is 1.32 bits per heavy atom. The lowest BCUT2D eigenvalue weighted by Gasteiger charge is -2.36. The summed E-state index contributed by atoms with van der Waals surface area (Å²) in [5.41, 5.74) is 2.15. The van der Waals surface area contributed by atoms with Crippen molar-refractivity contribution in [2.45, 2.75) is 30.9 Å². The largest absolute Gasteiger partial charge is 0.381 e. The normalized spacial score (nSPS) is 16.9. The maximum Gasteiger partial charge on any atom is 0.191 e. The molecular formula is C18H29FIN3OS. The number of rotatable bonds is 6. The number of nitrogens with zero attached hydrogens (tertiary/aromatic N) is 1. The van der Waals surface area contributed by atoms with Gasteiger partial charge in [0.15, 0.2) is 5.96 Å². The summed E-state index contributed by atoms with van der Waals surface area (Å²) < 4.78 is 18.8. The summed E-state index contributed by atoms with van der Waals surface area (Å²) in [7, 11) is 1.79. The number of aliphatic imine (C=N–C) groups is 1. The van der Waals surface area contributed by atoms with Crippen LogP contribution in [0, 0.1) is 12.7 Å². The molecule has 7 heteroatoms. The summed E-state index contributed by atoms with van der Waals surface area (Å²) in [4.78, 5) is 4.30. The molecule has 0 bridgehead atoms. The van der Waals surface area contributed by atoms with Crippen LogP contribution in [0.4, 0.5) is 4.39 Å². The number of aryl methyl sites for hydroxylation is 1. The third-order valence-corrected chi connectivity index (χ3v) is 6.05. The molecule has 142 valence electrons. The number of benzene rings is 1. The second-order valence-corrected chi connectivity index (χ2v) is 7.45. The topological polar surface area (TPSA) is 45.7 Å². The molecule has 2 N–H and O–H groups in total. The first-order valence-corrected chi connectivity index (χ1v) is 9.63. The molecule has 0 amide bonds. The Bertz CT molecular complexity index is 565. The molecule has 0 atom stereocenters. The zero-order valence-electron chi connectivity index (χ0n) is 15.2. The van der Waals surface area contributed by atoms with Gasteiger partial charge in [0.25, 0.3) is 0 Å². The standard InChI is InChI=1S/C18H28FN3OS.HI/c1-14-12-16(19)5-4-15(14)6-9-21-17(20-2)22-13-18(24-3)7-10-23-11-8-18;/h4-5,12H,6-11,13H2,1-3H3,(H2,20,21,22);1H. The van der Waals surface area contributed by atoms with Gasteiger partial charge in [-0.15, -0.1) is 24.0 Å². The summed E-state index contributed by atoms with van der Waals surface area (Å²) in [6.45, 7) is 5.25. The first-order chi connectivity index (χ1) is 11.6. The van der Waals surface area contributed by atoms with Crippen LogP contribution in [-0.2, 0) is 11.2 Å². The van der Waals surface area contributed by atoms with Crippen LogP contribution in [-0.4, -0.2) is 50.3 Å². The fourth-order valence-corrected chi connectivity index (χ4v) is 3.71. The summed E-state index contributed by atoms with van der Waals surface area (Å²) in [5.74, 6) is 0.634. The highest BCUT2D eigenvalue weighted by atomic mass is 127. The maximum atomic E-state index is 13.1. The first kappa shape index (κ1) is 22.5. The highest BCUT2D eigenvalue weighted by Crippen LogP contribution is 2.32. The minimum Gasteiger partial charge on any atom is -0.381 e. The molecule has 0 saturated carbocycles. The van der Waals surface area contributed by atoms with E-state index >= 15 is 0 Å². The van der Waals surface area contributed by atoms with E-state index in [1.165, 1.54) is 6.07 Å². The van der Waals surface area contributed by atoms with Gasteiger partial charge < -0.3 is 15.4 Å². The van der Waals surface area contributed by atoms with Crippen molar-refractivity contribution in [1.82, 2.24) is 10.6 Å². The van der Waals surface area contributed by atoms with Gasteiger partial charge in [0.05, 0.1) is 0 Å². The van der Waals surface area contributed by atoms with Crippen molar-refractivity contribution in [3.8, 4) is 0 Å². The second-order valence-electron chi connectivity index (χ2n) is 6.17. The minimum atomic E-state index is -0.180. The van der Waals surface area contributed by atoms with Crippen LogP contribution in [0.25, 0.3) is 0 Å². The average Bonchev–Trinajstić information content (AvgIpc) is 2.60. The van der Waals surface area contributed by atoms with E-state index < -0.39 is 0 Å². The molecule has 1 fully saturated rings. The molecule has 1 aromatic rings. The zero-order chi connectivity index (χ0) is 17.4. The molecule has 0 radical (unpaired) electrons. The fourth-order valence-electron chi connectivity index (χ4n) is 2.92. The molecule has 0 unspecified atom stereocenters. The summed E-state index contributed by atoms with van der Waals surface area (Å²) >= 11 is 1.91. The van der Waals surface area contributed by atoms with Gasteiger partial charge in [-0.25, -0.2) is 4.39 Å². The molecule has 25 heavy (non-hydrogen) atoms. The van der Waals surface area contributed by atoms with Crippen LogP contribution < -0.4 is 10.6 Å². The third kappa shape index (κ3) is 6.94. The lowest BCUT2D eigenvalue weighted by molar-refractivity contribution is 0.0783. The van der Waals surface area contributed by atoms with Crippen molar-refractivity contribution in [3.63, 3.8) is 0 Å². The number of hydrogen-bond acceptors (Lipinski definition) is 3. The van der Waals surface area contributed by atoms with Crippen molar-refractivity contribution in [2.75, 3.05) is 39.6 Å². The smallest absolute Gasteiger partial charge is 0.191 e. The quantitative estimate of drug-likeness (QED) is 0.372. The van der Waals surface area contributed by atoms with Gasteiger partial charge >= 0.3 is 0 Å². The Kier molecular flexibility index (Phi) is 10.1. The van der Waals surface area contributed by atoms with Gasteiger partial charge in [-0.1, -0.05) is 6.07 Å². The summed E-state index contributed by atoms with van der Waals surface area (Å²) in [6.07, 6.45) is 5.13. The number of nitrogens with one attached hydrogen (secondary N) is 2. The van der Waals surface area contributed by atoms with Gasteiger partial charge in [0.2, 0.25) is 0 Å². The van der Waals surface area contributed by atoms with Crippen molar-refractivity contribution in [3.05, 3.63) is 35.1 Å². The number of halogens is 2. The maximum absolute atomic E-state index is 13.1. The lowest BCUT2D eigenvalue weighted by Crippen LogP contribution is -2.48. The van der Waals surface area contributed by atoms with Gasteiger partial charge in [-0.05, 0) is 55.7 Å². The highest BCUT2D eigenvalue weighted by molar-refractivity contribution is 14.0. The van der Waals surface area contributed by atoms with E-state index in [1.807, 2.05) is 24.8 Å². The van der Waals surface area contributed by atoms with E-state index in [4.69, 9.17) is 4.74 Å². The molecule has 1 heterocycles. The fraction of sp³-hybridized carbons (Fsp3) is 0.611. The molecule has 2 rings (SSSR count). The molecule has 4 nitrogen and oxygen atoms in total. The number of thioether (sulfide) groups is 1. The molecule has 0 aromatic heterocycles. The Balaban J connectivity index is 0.00000312. The third-order valence-electron chi connectivity index (χ3n) is 4.63. The number of hydrogen-bond donors (Lipinski definition) is 2. The minimum absolute atomic E-state index is 0. The molecule has 1 aromatic carbocycles. The van der Waals surface area contributed by atoms with Gasteiger partial charge in [0.1, 0.15) is 5.82 Å².